The van der Waals surface area contributed by atoms with Crippen molar-refractivity contribution in [2.24, 2.45) is 5.14 Å². The molecule has 3 N–H and O–H groups in total. The second kappa shape index (κ2) is 14.8. The molecular formula is C32H50F5N5O5SSi. The second-order valence-electron chi connectivity index (χ2n) is 15.5. The summed E-state index contributed by atoms with van der Waals surface area (Å²) in [7, 11) is -3.29. The number of carbonyl (C=O) groups excluding carboxylic acids is 1. The van der Waals surface area contributed by atoms with Crippen molar-refractivity contribution >= 4 is 36.1 Å². The number of carbonyl (C=O) groups is 1. The van der Waals surface area contributed by atoms with Gasteiger partial charge in [0.05, 0.1) is 65.2 Å². The van der Waals surface area contributed by atoms with Gasteiger partial charge in [-0.05, 0) is 70.7 Å². The number of nitrogens with two attached hydrogens (primary N) is 1. The predicted molar refractivity (Wildman–Crippen MR) is 180 cm³/mol. The van der Waals surface area contributed by atoms with Crippen molar-refractivity contribution in [2.75, 3.05) is 32.9 Å². The monoisotopic (exact) mass is 739 g/mol. The lowest BCUT2D eigenvalue weighted by Crippen LogP contribution is -2.58. The molecule has 3 atom stereocenters. The van der Waals surface area contributed by atoms with Crippen LogP contribution in [0.5, 0.6) is 0 Å². The van der Waals surface area contributed by atoms with Crippen LogP contribution in [-0.2, 0) is 31.9 Å². The number of hydrogen-bond acceptors (Lipinski definition) is 6. The first-order valence-electron chi connectivity index (χ1n) is 16.5. The molecule has 0 spiro atoms. The van der Waals surface area contributed by atoms with Crippen molar-refractivity contribution < 1.29 is 45.2 Å². The van der Waals surface area contributed by atoms with Gasteiger partial charge in [-0.15, -0.1) is 0 Å². The Morgan fingerprint density at radius 3 is 2.41 bits per heavy atom. The molecule has 2 aromatic rings. The Bertz CT molecular complexity index is 1490. The van der Waals surface area contributed by atoms with E-state index in [1.54, 1.807) is 36.6 Å². The number of urea groups is 1. The van der Waals surface area contributed by atoms with E-state index >= 15 is 0 Å². The number of rotatable bonds is 17. The number of ether oxygens (including phenoxy) is 3. The van der Waals surface area contributed by atoms with Crippen LogP contribution in [0.25, 0.3) is 11.0 Å². The van der Waals surface area contributed by atoms with Gasteiger partial charge in [0.15, 0.2) is 5.60 Å². The lowest BCUT2D eigenvalue weighted by molar-refractivity contribution is -0.265. The Hall–Kier alpha value is -2.18. The summed E-state index contributed by atoms with van der Waals surface area (Å²) in [5, 5.41) is 8.08. The summed E-state index contributed by atoms with van der Waals surface area (Å²) in [6.07, 6.45) is -2.91. The van der Waals surface area contributed by atoms with Crippen LogP contribution in [0.4, 0.5) is 26.7 Å². The van der Waals surface area contributed by atoms with Gasteiger partial charge in [0.1, 0.15) is 12.6 Å². The van der Waals surface area contributed by atoms with E-state index in [0.29, 0.717) is 29.0 Å². The normalized spacial score (nSPS) is 19.6. The molecule has 2 amide bonds. The summed E-state index contributed by atoms with van der Waals surface area (Å²) in [5.41, 5.74) is -0.991. The molecule has 1 saturated carbocycles. The minimum atomic E-state index is -4.66. The molecule has 17 heteroatoms. The van der Waals surface area contributed by atoms with E-state index in [9.17, 15) is 31.0 Å². The zero-order chi connectivity index (χ0) is 36.6. The van der Waals surface area contributed by atoms with Crippen LogP contribution in [-0.4, -0.2) is 94.2 Å². The van der Waals surface area contributed by atoms with Crippen LogP contribution in [0, 0.1) is 0 Å². The van der Waals surface area contributed by atoms with Gasteiger partial charge in [0.2, 0.25) is 0 Å². The van der Waals surface area contributed by atoms with E-state index in [1.807, 2.05) is 0 Å². The first-order chi connectivity index (χ1) is 22.5. The number of amides is 2. The maximum absolute atomic E-state index is 14.5. The number of imidazole rings is 1. The molecule has 1 aliphatic heterocycles. The van der Waals surface area contributed by atoms with E-state index in [4.69, 9.17) is 24.3 Å². The van der Waals surface area contributed by atoms with Crippen molar-refractivity contribution in [1.29, 1.82) is 0 Å². The molecule has 1 saturated heterocycles. The highest BCUT2D eigenvalue weighted by atomic mass is 32.2. The topological polar surface area (TPSA) is 121 Å². The first kappa shape index (κ1) is 39.6. The fourth-order valence-corrected chi connectivity index (χ4v) is 6.53. The molecule has 2 fully saturated rings. The van der Waals surface area contributed by atoms with Gasteiger partial charge < -0.3 is 29.0 Å². The number of halogens is 5. The Morgan fingerprint density at radius 1 is 1.14 bits per heavy atom. The van der Waals surface area contributed by atoms with Gasteiger partial charge >= 0.3 is 12.2 Å². The average Bonchev–Trinajstić information content (AvgIpc) is 3.73. The summed E-state index contributed by atoms with van der Waals surface area (Å²) < 4.78 is 101. The summed E-state index contributed by atoms with van der Waals surface area (Å²) in [4.78, 5) is 18.8. The number of aromatic nitrogens is 2. The lowest BCUT2D eigenvalue weighted by atomic mass is 9.95. The fraction of sp³-hybridized carbons (Fsp3) is 0.750. The third-order valence-corrected chi connectivity index (χ3v) is 11.9. The van der Waals surface area contributed by atoms with Gasteiger partial charge in [-0.2, -0.15) is 13.2 Å². The molecule has 10 nitrogen and oxygen atoms in total. The predicted octanol–water partition coefficient (Wildman–Crippen LogP) is 6.46. The Balaban J connectivity index is 1.79. The largest absolute Gasteiger partial charge is 0.416 e. The van der Waals surface area contributed by atoms with Crippen LogP contribution in [0.2, 0.25) is 25.7 Å². The van der Waals surface area contributed by atoms with E-state index < -0.39 is 79.2 Å². The molecule has 1 aliphatic carbocycles. The first-order valence-corrected chi connectivity index (χ1v) is 21.4. The van der Waals surface area contributed by atoms with Gasteiger partial charge in [-0.25, -0.2) is 22.8 Å². The number of hydrogen-bond donors (Lipinski definition) is 2. The SMILES string of the molecule is CC(C)(C[C@@H](COC(C)(C)C(F)(F)F)c1nc2cc([C@@H](COC3CC3)N3CC(F)(F)CNC3=O)ccc2n1COCC[Si](C)(C)C)S(N)=O. The van der Waals surface area contributed by atoms with Crippen molar-refractivity contribution in [1.82, 2.24) is 19.8 Å². The summed E-state index contributed by atoms with van der Waals surface area (Å²) in [6, 6.07) is 4.50. The molecule has 0 radical (unpaired) electrons. The van der Waals surface area contributed by atoms with E-state index in [0.717, 1.165) is 37.6 Å². The van der Waals surface area contributed by atoms with Crippen LogP contribution < -0.4 is 10.5 Å². The van der Waals surface area contributed by atoms with Crippen molar-refractivity contribution in [3.63, 3.8) is 0 Å². The minimum absolute atomic E-state index is 0.00290. The zero-order valence-electron chi connectivity index (χ0n) is 29.3. The molecule has 1 aromatic heterocycles. The fourth-order valence-electron chi connectivity index (χ4n) is 5.41. The van der Waals surface area contributed by atoms with Gasteiger partial charge in [0, 0.05) is 20.6 Å². The quantitative estimate of drug-likeness (QED) is 0.109. The van der Waals surface area contributed by atoms with E-state index in [-0.39, 0.29) is 25.9 Å². The van der Waals surface area contributed by atoms with Crippen LogP contribution in [0.3, 0.4) is 0 Å². The maximum Gasteiger partial charge on any atom is 0.416 e. The molecule has 2 heterocycles. The zero-order valence-corrected chi connectivity index (χ0v) is 31.1. The highest BCUT2D eigenvalue weighted by Gasteiger charge is 2.49. The summed E-state index contributed by atoms with van der Waals surface area (Å²) >= 11 is 0. The lowest BCUT2D eigenvalue weighted by Gasteiger charge is -2.38. The second-order valence-corrected chi connectivity index (χ2v) is 22.8. The average molecular weight is 740 g/mol. The summed E-state index contributed by atoms with van der Waals surface area (Å²) in [5.74, 6) is -3.61. The van der Waals surface area contributed by atoms with Crippen LogP contribution >= 0.6 is 0 Å². The Labute approximate surface area is 288 Å². The molecule has 1 unspecified atom stereocenters. The third-order valence-electron chi connectivity index (χ3n) is 8.93. The Morgan fingerprint density at radius 2 is 1.82 bits per heavy atom. The highest BCUT2D eigenvalue weighted by Crippen LogP contribution is 2.38. The van der Waals surface area contributed by atoms with Crippen LogP contribution in [0.1, 0.15) is 70.3 Å². The highest BCUT2D eigenvalue weighted by molar-refractivity contribution is 7.84. The molecule has 4 rings (SSSR count). The number of fused-ring (bicyclic) bond motifs is 1. The van der Waals surface area contributed by atoms with E-state index in [2.05, 4.69) is 25.0 Å². The Kier molecular flexibility index (Phi) is 12.0. The number of nitrogens with one attached hydrogen (secondary N) is 1. The molecular weight excluding hydrogens is 690 g/mol. The number of alkyl halides is 5. The number of benzene rings is 1. The van der Waals surface area contributed by atoms with Gasteiger partial charge in [-0.1, -0.05) is 25.7 Å². The molecule has 278 valence electrons. The maximum atomic E-state index is 14.5. The smallest absolute Gasteiger partial charge is 0.376 e. The standard InChI is InChI=1S/C32H50F5N5O5SSi/c1-29(2,48(38)44)15-22(16-47-30(3,4)32(35,36)37)27-40-24-14-21(8-11-25(24)42(27)20-45-12-13-49(5,6)7)26(17-46-23-9-10-23)41-19-31(33,34)18-39-28(41)43/h8,11,14,22-23,26H,9-10,12-13,15-20,38H2,1-7H3,(H,39,43)/t22-,26+,48?/m0/s1. The molecule has 1 aromatic carbocycles. The van der Waals surface area contributed by atoms with Crippen molar-refractivity contribution in [3.05, 3.63) is 29.6 Å². The van der Waals surface area contributed by atoms with Crippen molar-refractivity contribution in [3.8, 4) is 0 Å². The molecule has 0 bridgehead atoms. The van der Waals surface area contributed by atoms with Gasteiger partial charge in [0.25, 0.3) is 5.92 Å². The summed E-state index contributed by atoms with van der Waals surface area (Å²) in [6.45, 7) is 10.3. The van der Waals surface area contributed by atoms with Crippen molar-refractivity contribution in [2.45, 2.75) is 120 Å². The third kappa shape index (κ3) is 10.4. The molecule has 2 aliphatic rings. The van der Waals surface area contributed by atoms with E-state index in [1.165, 1.54) is 0 Å². The molecule has 49 heavy (non-hydrogen) atoms. The minimum Gasteiger partial charge on any atom is -0.376 e. The number of nitrogens with zero attached hydrogens (tertiary/aromatic N) is 3. The van der Waals surface area contributed by atoms with Crippen LogP contribution in [0.15, 0.2) is 18.2 Å². The van der Waals surface area contributed by atoms with Gasteiger partial charge in [-0.3, -0.25) is 5.14 Å².